The Morgan fingerprint density at radius 1 is 0.800 bits per heavy atom. The van der Waals surface area contributed by atoms with Crippen LogP contribution in [0.15, 0.2) is 67.1 Å². The summed E-state index contributed by atoms with van der Waals surface area (Å²) in [6.07, 6.45) is 5.02. The molecule has 2 aromatic heterocycles. The third-order valence-corrected chi connectivity index (χ3v) is 4.09. The van der Waals surface area contributed by atoms with E-state index in [0.717, 1.165) is 11.1 Å². The minimum atomic E-state index is -0.427. The molecule has 0 saturated heterocycles. The molecule has 2 heterocycles. The van der Waals surface area contributed by atoms with Gasteiger partial charge in [-0.15, -0.1) is 0 Å². The number of nitrogens with zero attached hydrogens (tertiary/aromatic N) is 3. The molecular weight excluding hydrogens is 339 g/mol. The lowest BCUT2D eigenvalue weighted by atomic mass is 10.2. The van der Waals surface area contributed by atoms with Crippen molar-refractivity contribution in [2.24, 2.45) is 0 Å². The molecule has 1 N–H and O–H groups in total. The zero-order chi connectivity index (χ0) is 17.2. The first-order chi connectivity index (χ1) is 12.2. The van der Waals surface area contributed by atoms with Gasteiger partial charge in [-0.2, -0.15) is 0 Å². The Bertz CT molecular complexity index is 993. The summed E-state index contributed by atoms with van der Waals surface area (Å²) < 4.78 is 14.0. The van der Waals surface area contributed by atoms with Crippen LogP contribution in [0.4, 0.5) is 4.39 Å². The van der Waals surface area contributed by atoms with E-state index in [2.05, 4.69) is 19.9 Å². The molecular formula is C19H12ClFN4. The standard InChI is InChI=1S/C19H12ClFN4/c20-14-7-4-8-15(21)17(14)19-24-11-16(25-19)13-9-22-18(23-10-13)12-5-2-1-3-6-12/h1-11H,(H,24,25). The van der Waals surface area contributed by atoms with Crippen LogP contribution in [0.25, 0.3) is 34.0 Å². The molecule has 0 unspecified atom stereocenters. The molecule has 25 heavy (non-hydrogen) atoms. The Balaban J connectivity index is 1.67. The summed E-state index contributed by atoms with van der Waals surface area (Å²) in [5, 5.41) is 0.302. The second-order valence-electron chi connectivity index (χ2n) is 5.40. The van der Waals surface area contributed by atoms with Gasteiger partial charge in [-0.25, -0.2) is 19.3 Å². The van der Waals surface area contributed by atoms with Crippen molar-refractivity contribution < 1.29 is 4.39 Å². The van der Waals surface area contributed by atoms with E-state index in [9.17, 15) is 4.39 Å². The lowest BCUT2D eigenvalue weighted by Gasteiger charge is -2.03. The van der Waals surface area contributed by atoms with Gasteiger partial charge >= 0.3 is 0 Å². The lowest BCUT2D eigenvalue weighted by Crippen LogP contribution is -1.90. The fourth-order valence-corrected chi connectivity index (χ4v) is 2.77. The highest BCUT2D eigenvalue weighted by Gasteiger charge is 2.14. The molecule has 0 aliphatic heterocycles. The van der Waals surface area contributed by atoms with Gasteiger partial charge in [0.1, 0.15) is 11.6 Å². The van der Waals surface area contributed by atoms with Gasteiger partial charge in [-0.1, -0.05) is 48.0 Å². The molecule has 122 valence electrons. The van der Waals surface area contributed by atoms with Gasteiger partial charge in [-0.05, 0) is 12.1 Å². The van der Waals surface area contributed by atoms with E-state index in [1.54, 1.807) is 30.7 Å². The van der Waals surface area contributed by atoms with E-state index >= 15 is 0 Å². The molecule has 0 fully saturated rings. The van der Waals surface area contributed by atoms with Crippen molar-refractivity contribution in [3.8, 4) is 34.0 Å². The highest BCUT2D eigenvalue weighted by atomic mass is 35.5. The van der Waals surface area contributed by atoms with Crippen molar-refractivity contribution in [3.05, 3.63) is 78.0 Å². The Morgan fingerprint density at radius 3 is 2.28 bits per heavy atom. The molecule has 0 amide bonds. The highest BCUT2D eigenvalue weighted by Crippen LogP contribution is 2.30. The Kier molecular flexibility index (Phi) is 3.99. The summed E-state index contributed by atoms with van der Waals surface area (Å²) in [6.45, 7) is 0. The van der Waals surface area contributed by atoms with E-state index in [0.29, 0.717) is 22.4 Å². The zero-order valence-electron chi connectivity index (χ0n) is 12.9. The summed E-state index contributed by atoms with van der Waals surface area (Å²) in [7, 11) is 0. The largest absolute Gasteiger partial charge is 0.338 e. The van der Waals surface area contributed by atoms with Crippen molar-refractivity contribution in [2.75, 3.05) is 0 Å². The molecule has 6 heteroatoms. The third kappa shape index (κ3) is 3.02. The summed E-state index contributed by atoms with van der Waals surface area (Å²) in [4.78, 5) is 16.1. The maximum Gasteiger partial charge on any atom is 0.159 e. The van der Waals surface area contributed by atoms with Crippen molar-refractivity contribution in [1.82, 2.24) is 19.9 Å². The highest BCUT2D eigenvalue weighted by molar-refractivity contribution is 6.33. The van der Waals surface area contributed by atoms with Crippen LogP contribution in [-0.2, 0) is 0 Å². The van der Waals surface area contributed by atoms with Crippen molar-refractivity contribution in [2.45, 2.75) is 0 Å². The van der Waals surface area contributed by atoms with Crippen LogP contribution in [0.1, 0.15) is 0 Å². The molecule has 0 aliphatic carbocycles. The normalized spacial score (nSPS) is 10.8. The average molecular weight is 351 g/mol. The molecule has 4 aromatic rings. The molecule has 0 radical (unpaired) electrons. The predicted octanol–water partition coefficient (Wildman–Crippen LogP) is 4.99. The zero-order valence-corrected chi connectivity index (χ0v) is 13.7. The van der Waals surface area contributed by atoms with Gasteiger partial charge < -0.3 is 4.98 Å². The minimum absolute atomic E-state index is 0.247. The average Bonchev–Trinajstić information content (AvgIpc) is 3.12. The number of rotatable bonds is 3. The Morgan fingerprint density at radius 2 is 1.56 bits per heavy atom. The summed E-state index contributed by atoms with van der Waals surface area (Å²) in [6, 6.07) is 14.2. The summed E-state index contributed by atoms with van der Waals surface area (Å²) >= 11 is 6.08. The molecule has 2 aromatic carbocycles. The molecule has 0 spiro atoms. The number of hydrogen-bond acceptors (Lipinski definition) is 3. The lowest BCUT2D eigenvalue weighted by molar-refractivity contribution is 0.630. The second-order valence-corrected chi connectivity index (χ2v) is 5.81. The van der Waals surface area contributed by atoms with E-state index in [1.807, 2.05) is 30.3 Å². The quantitative estimate of drug-likeness (QED) is 0.566. The van der Waals surface area contributed by atoms with E-state index in [-0.39, 0.29) is 5.56 Å². The molecule has 0 aliphatic rings. The topological polar surface area (TPSA) is 54.5 Å². The number of aromatic nitrogens is 4. The Hall–Kier alpha value is -3.05. The van der Waals surface area contributed by atoms with Gasteiger partial charge in [-0.3, -0.25) is 0 Å². The van der Waals surface area contributed by atoms with Crippen LogP contribution >= 0.6 is 11.6 Å². The van der Waals surface area contributed by atoms with Gasteiger partial charge in [0.15, 0.2) is 5.82 Å². The van der Waals surface area contributed by atoms with Crippen LogP contribution < -0.4 is 0 Å². The number of aromatic amines is 1. The van der Waals surface area contributed by atoms with E-state index in [1.165, 1.54) is 6.07 Å². The molecule has 0 atom stereocenters. The monoisotopic (exact) mass is 350 g/mol. The van der Waals surface area contributed by atoms with Crippen LogP contribution in [0.2, 0.25) is 5.02 Å². The molecule has 0 bridgehead atoms. The number of benzene rings is 2. The third-order valence-electron chi connectivity index (χ3n) is 3.77. The van der Waals surface area contributed by atoms with Gasteiger partial charge in [0.2, 0.25) is 0 Å². The van der Waals surface area contributed by atoms with Crippen LogP contribution in [0.3, 0.4) is 0 Å². The van der Waals surface area contributed by atoms with Crippen molar-refractivity contribution >= 4 is 11.6 Å². The molecule has 4 nitrogen and oxygen atoms in total. The number of halogens is 2. The number of imidazole rings is 1. The summed E-state index contributed by atoms with van der Waals surface area (Å²) in [5.74, 6) is 0.579. The Labute approximate surface area is 148 Å². The van der Waals surface area contributed by atoms with E-state index < -0.39 is 5.82 Å². The van der Waals surface area contributed by atoms with Crippen LogP contribution in [0, 0.1) is 5.82 Å². The van der Waals surface area contributed by atoms with Crippen molar-refractivity contribution in [1.29, 1.82) is 0 Å². The second kappa shape index (κ2) is 6.45. The first-order valence-corrected chi connectivity index (χ1v) is 7.97. The minimum Gasteiger partial charge on any atom is -0.338 e. The summed E-state index contributed by atoms with van der Waals surface area (Å²) in [5.41, 5.74) is 2.63. The van der Waals surface area contributed by atoms with Gasteiger partial charge in [0, 0.05) is 23.5 Å². The van der Waals surface area contributed by atoms with Crippen molar-refractivity contribution in [3.63, 3.8) is 0 Å². The van der Waals surface area contributed by atoms with Gasteiger partial charge in [0.05, 0.1) is 22.5 Å². The fraction of sp³-hybridized carbons (Fsp3) is 0. The predicted molar refractivity (Wildman–Crippen MR) is 95.5 cm³/mol. The van der Waals surface area contributed by atoms with E-state index in [4.69, 9.17) is 11.6 Å². The number of nitrogens with one attached hydrogen (secondary N) is 1. The van der Waals surface area contributed by atoms with Crippen LogP contribution in [0.5, 0.6) is 0 Å². The maximum absolute atomic E-state index is 14.0. The maximum atomic E-state index is 14.0. The smallest absolute Gasteiger partial charge is 0.159 e. The first kappa shape index (κ1) is 15.5. The van der Waals surface area contributed by atoms with Crippen LogP contribution in [-0.4, -0.2) is 19.9 Å². The SMILES string of the molecule is Fc1cccc(Cl)c1-c1ncc(-c2cnc(-c3ccccc3)nc2)[nH]1. The van der Waals surface area contributed by atoms with Gasteiger partial charge in [0.25, 0.3) is 0 Å². The first-order valence-electron chi connectivity index (χ1n) is 7.59. The molecule has 0 saturated carbocycles. The number of H-pyrrole nitrogens is 1. The molecule has 4 rings (SSSR count). The fourth-order valence-electron chi connectivity index (χ4n) is 2.52. The number of hydrogen-bond donors (Lipinski definition) is 1.